The molecule has 0 radical (unpaired) electrons. The summed E-state index contributed by atoms with van der Waals surface area (Å²) in [4.78, 5) is 6.94. The van der Waals surface area contributed by atoms with Gasteiger partial charge in [-0.1, -0.05) is 37.3 Å². The highest BCUT2D eigenvalue weighted by Crippen LogP contribution is 2.27. The first-order valence-corrected chi connectivity index (χ1v) is 7.84. The van der Waals surface area contributed by atoms with Crippen LogP contribution in [0, 0.1) is 6.92 Å². The number of rotatable bonds is 4. The Kier molecular flexibility index (Phi) is 4.34. The lowest BCUT2D eigenvalue weighted by atomic mass is 9.97. The number of benzene rings is 1. The zero-order chi connectivity index (χ0) is 15.5. The number of aryl methyl sites for hydroxylation is 1. The van der Waals surface area contributed by atoms with Gasteiger partial charge in [0.05, 0.1) is 0 Å². The summed E-state index contributed by atoms with van der Waals surface area (Å²) in [6.45, 7) is 6.21. The number of aromatic nitrogens is 3. The SMILES string of the molecule is Cc1nnc([C@H](C)c2ccccc2)c(N[C@@H]2CCN(C)C2)n1. The molecule has 2 atom stereocenters. The van der Waals surface area contributed by atoms with Crippen molar-refractivity contribution in [2.45, 2.75) is 32.2 Å². The molecule has 1 aliphatic rings. The number of likely N-dealkylation sites (N-methyl/N-ethyl adjacent to an activating group) is 1. The van der Waals surface area contributed by atoms with Crippen LogP contribution in [-0.4, -0.2) is 46.3 Å². The van der Waals surface area contributed by atoms with E-state index in [1.807, 2.05) is 13.0 Å². The summed E-state index contributed by atoms with van der Waals surface area (Å²) >= 11 is 0. The lowest BCUT2D eigenvalue weighted by Gasteiger charge is -2.19. The molecule has 22 heavy (non-hydrogen) atoms. The van der Waals surface area contributed by atoms with E-state index in [4.69, 9.17) is 0 Å². The molecule has 5 heteroatoms. The van der Waals surface area contributed by atoms with Gasteiger partial charge in [0.25, 0.3) is 0 Å². The second-order valence-electron chi connectivity index (χ2n) is 6.12. The van der Waals surface area contributed by atoms with Crippen molar-refractivity contribution < 1.29 is 0 Å². The molecule has 0 unspecified atom stereocenters. The second-order valence-corrected chi connectivity index (χ2v) is 6.12. The minimum atomic E-state index is 0.170. The highest BCUT2D eigenvalue weighted by molar-refractivity contribution is 5.46. The van der Waals surface area contributed by atoms with Gasteiger partial charge < -0.3 is 10.2 Å². The zero-order valence-electron chi connectivity index (χ0n) is 13.5. The first-order valence-electron chi connectivity index (χ1n) is 7.84. The van der Waals surface area contributed by atoms with Crippen molar-refractivity contribution >= 4 is 5.82 Å². The first-order chi connectivity index (χ1) is 10.6. The van der Waals surface area contributed by atoms with Crippen LogP contribution in [0.4, 0.5) is 5.82 Å². The third kappa shape index (κ3) is 3.25. The fraction of sp³-hybridized carbons (Fsp3) is 0.471. The van der Waals surface area contributed by atoms with Gasteiger partial charge in [0.15, 0.2) is 5.82 Å². The normalized spacial score (nSPS) is 20.0. The van der Waals surface area contributed by atoms with Gasteiger partial charge in [-0.15, -0.1) is 10.2 Å². The molecule has 5 nitrogen and oxygen atoms in total. The largest absolute Gasteiger partial charge is 0.364 e. The van der Waals surface area contributed by atoms with Crippen LogP contribution in [0.2, 0.25) is 0 Å². The third-order valence-corrected chi connectivity index (χ3v) is 4.26. The molecule has 2 aromatic rings. The van der Waals surface area contributed by atoms with Crippen LogP contribution >= 0.6 is 0 Å². The Bertz CT molecular complexity index is 628. The Balaban J connectivity index is 1.87. The minimum absolute atomic E-state index is 0.170. The van der Waals surface area contributed by atoms with Crippen LogP contribution in [0.15, 0.2) is 30.3 Å². The fourth-order valence-corrected chi connectivity index (χ4v) is 2.96. The molecule has 1 N–H and O–H groups in total. The van der Waals surface area contributed by atoms with Crippen LogP contribution in [0.1, 0.15) is 36.3 Å². The molecule has 1 aromatic carbocycles. The maximum atomic E-state index is 4.60. The van der Waals surface area contributed by atoms with E-state index in [2.05, 4.69) is 63.6 Å². The topological polar surface area (TPSA) is 53.9 Å². The second kappa shape index (κ2) is 6.40. The smallest absolute Gasteiger partial charge is 0.152 e. The average molecular weight is 297 g/mol. The zero-order valence-corrected chi connectivity index (χ0v) is 13.5. The number of nitrogens with zero attached hydrogens (tertiary/aromatic N) is 4. The van der Waals surface area contributed by atoms with Gasteiger partial charge in [0.1, 0.15) is 11.5 Å². The summed E-state index contributed by atoms with van der Waals surface area (Å²) in [7, 11) is 2.15. The van der Waals surface area contributed by atoms with Gasteiger partial charge in [-0.2, -0.15) is 0 Å². The molecule has 0 spiro atoms. The number of anilines is 1. The predicted octanol–water partition coefficient (Wildman–Crippen LogP) is 2.45. The first kappa shape index (κ1) is 14.9. The molecule has 1 saturated heterocycles. The quantitative estimate of drug-likeness (QED) is 0.939. The van der Waals surface area contributed by atoms with E-state index in [1.54, 1.807) is 0 Å². The summed E-state index contributed by atoms with van der Waals surface area (Å²) in [5.74, 6) is 1.76. The van der Waals surface area contributed by atoms with Gasteiger partial charge in [-0.05, 0) is 32.5 Å². The lowest BCUT2D eigenvalue weighted by Crippen LogP contribution is -2.25. The van der Waals surface area contributed by atoms with E-state index in [9.17, 15) is 0 Å². The number of nitrogens with one attached hydrogen (secondary N) is 1. The molecule has 1 aromatic heterocycles. The van der Waals surface area contributed by atoms with E-state index in [1.165, 1.54) is 5.56 Å². The molecule has 2 heterocycles. The van der Waals surface area contributed by atoms with Crippen LogP contribution in [0.3, 0.4) is 0 Å². The molecule has 1 aliphatic heterocycles. The molecular formula is C17H23N5. The Hall–Kier alpha value is -2.01. The molecule has 3 rings (SSSR count). The van der Waals surface area contributed by atoms with E-state index in [0.717, 1.165) is 31.0 Å². The van der Waals surface area contributed by atoms with Crippen LogP contribution in [-0.2, 0) is 0 Å². The van der Waals surface area contributed by atoms with Crippen molar-refractivity contribution in [1.82, 2.24) is 20.1 Å². The van der Waals surface area contributed by atoms with E-state index >= 15 is 0 Å². The standard InChI is InChI=1S/C17H23N5/c1-12(14-7-5-4-6-8-14)16-17(18-13(2)20-21-16)19-15-9-10-22(3)11-15/h4-8,12,15H,9-11H2,1-3H3,(H,18,19,20)/t12-,15-/m1/s1. The van der Waals surface area contributed by atoms with Crippen LogP contribution in [0.25, 0.3) is 0 Å². The Morgan fingerprint density at radius 2 is 2.00 bits per heavy atom. The molecule has 0 bridgehead atoms. The number of hydrogen-bond acceptors (Lipinski definition) is 5. The Morgan fingerprint density at radius 3 is 2.68 bits per heavy atom. The highest BCUT2D eigenvalue weighted by Gasteiger charge is 2.23. The molecule has 0 saturated carbocycles. The van der Waals surface area contributed by atoms with Crippen molar-refractivity contribution in [2.75, 3.05) is 25.5 Å². The average Bonchev–Trinajstić information content (AvgIpc) is 2.93. The van der Waals surface area contributed by atoms with Crippen LogP contribution < -0.4 is 5.32 Å². The number of hydrogen-bond donors (Lipinski definition) is 1. The fourth-order valence-electron chi connectivity index (χ4n) is 2.96. The maximum Gasteiger partial charge on any atom is 0.152 e. The van der Waals surface area contributed by atoms with Gasteiger partial charge in [0.2, 0.25) is 0 Å². The summed E-state index contributed by atoms with van der Waals surface area (Å²) in [5, 5.41) is 12.2. The van der Waals surface area contributed by atoms with Crippen LogP contribution in [0.5, 0.6) is 0 Å². The summed E-state index contributed by atoms with van der Waals surface area (Å²) in [6.07, 6.45) is 1.14. The molecule has 116 valence electrons. The molecule has 0 amide bonds. The Labute approximate surface area is 131 Å². The summed E-state index contributed by atoms with van der Waals surface area (Å²) in [5.41, 5.74) is 2.15. The maximum absolute atomic E-state index is 4.60. The van der Waals surface area contributed by atoms with Gasteiger partial charge in [0, 0.05) is 18.5 Å². The van der Waals surface area contributed by atoms with Gasteiger partial charge in [-0.3, -0.25) is 0 Å². The van der Waals surface area contributed by atoms with Gasteiger partial charge >= 0.3 is 0 Å². The van der Waals surface area contributed by atoms with E-state index in [0.29, 0.717) is 11.9 Å². The van der Waals surface area contributed by atoms with Crippen molar-refractivity contribution in [1.29, 1.82) is 0 Å². The molecule has 0 aliphatic carbocycles. The highest BCUT2D eigenvalue weighted by atomic mass is 15.2. The monoisotopic (exact) mass is 297 g/mol. The predicted molar refractivity (Wildman–Crippen MR) is 88.0 cm³/mol. The lowest BCUT2D eigenvalue weighted by molar-refractivity contribution is 0.414. The van der Waals surface area contributed by atoms with Crippen molar-refractivity contribution in [2.24, 2.45) is 0 Å². The number of likely N-dealkylation sites (tertiary alicyclic amines) is 1. The van der Waals surface area contributed by atoms with Crippen molar-refractivity contribution in [3.05, 3.63) is 47.4 Å². The third-order valence-electron chi connectivity index (χ3n) is 4.26. The summed E-state index contributed by atoms with van der Waals surface area (Å²) in [6, 6.07) is 10.8. The van der Waals surface area contributed by atoms with Crippen molar-refractivity contribution in [3.8, 4) is 0 Å². The van der Waals surface area contributed by atoms with E-state index in [-0.39, 0.29) is 5.92 Å². The van der Waals surface area contributed by atoms with Crippen molar-refractivity contribution in [3.63, 3.8) is 0 Å². The van der Waals surface area contributed by atoms with Gasteiger partial charge in [-0.25, -0.2) is 4.98 Å². The molecule has 1 fully saturated rings. The Morgan fingerprint density at radius 1 is 1.23 bits per heavy atom. The summed E-state index contributed by atoms with van der Waals surface area (Å²) < 4.78 is 0. The minimum Gasteiger partial charge on any atom is -0.364 e. The van der Waals surface area contributed by atoms with E-state index < -0.39 is 0 Å². The molecular weight excluding hydrogens is 274 g/mol.